The van der Waals surface area contributed by atoms with E-state index in [1.165, 1.54) is 24.8 Å². The van der Waals surface area contributed by atoms with Crippen molar-refractivity contribution in [1.29, 1.82) is 0 Å². The van der Waals surface area contributed by atoms with E-state index >= 15 is 0 Å². The van der Waals surface area contributed by atoms with E-state index in [2.05, 4.69) is 5.73 Å². The Morgan fingerprint density at radius 3 is 2.37 bits per heavy atom. The highest BCUT2D eigenvalue weighted by Gasteiger charge is 2.25. The number of rotatable bonds is 3. The van der Waals surface area contributed by atoms with E-state index in [0.717, 1.165) is 18.4 Å². The number of hydrogen-bond acceptors (Lipinski definition) is 1. The third-order valence-corrected chi connectivity index (χ3v) is 3.72. The van der Waals surface area contributed by atoms with Crippen LogP contribution in [0.3, 0.4) is 0 Å². The van der Waals surface area contributed by atoms with E-state index in [0.29, 0.717) is 0 Å². The summed E-state index contributed by atoms with van der Waals surface area (Å²) < 4.78 is 0. The van der Waals surface area contributed by atoms with Crippen molar-refractivity contribution in [2.24, 2.45) is 5.41 Å². The fourth-order valence-corrected chi connectivity index (χ4v) is 2.43. The molecular formula is C18H22O. The third kappa shape index (κ3) is 3.68. The molecule has 1 aliphatic rings. The lowest BCUT2D eigenvalue weighted by Gasteiger charge is -2.18. The van der Waals surface area contributed by atoms with Gasteiger partial charge in [0, 0.05) is 5.56 Å². The van der Waals surface area contributed by atoms with Gasteiger partial charge in [0.15, 0.2) is 5.78 Å². The SMILES string of the molecule is CC(C)(C=C=C1CCCCC1)C(=O)c1ccccc1. The lowest BCUT2D eigenvalue weighted by Crippen LogP contribution is -2.21. The zero-order valence-electron chi connectivity index (χ0n) is 11.9. The van der Waals surface area contributed by atoms with Crippen molar-refractivity contribution in [1.82, 2.24) is 0 Å². The van der Waals surface area contributed by atoms with Crippen LogP contribution in [0.15, 0.2) is 47.7 Å². The summed E-state index contributed by atoms with van der Waals surface area (Å²) in [6, 6.07) is 9.51. The first-order valence-corrected chi connectivity index (χ1v) is 7.15. The molecule has 1 nitrogen and oxygen atoms in total. The number of ketones is 1. The van der Waals surface area contributed by atoms with Gasteiger partial charge in [-0.3, -0.25) is 4.79 Å². The quantitative estimate of drug-likeness (QED) is 0.551. The Bertz CT molecular complexity index is 494. The molecule has 0 aliphatic heterocycles. The lowest BCUT2D eigenvalue weighted by molar-refractivity contribution is 0.0885. The molecule has 0 unspecified atom stereocenters. The predicted octanol–water partition coefficient (Wildman–Crippen LogP) is 4.94. The molecule has 0 spiro atoms. The highest BCUT2D eigenvalue weighted by molar-refractivity contribution is 6.01. The van der Waals surface area contributed by atoms with Crippen molar-refractivity contribution in [3.8, 4) is 0 Å². The molecule has 1 fully saturated rings. The first kappa shape index (κ1) is 13.8. The summed E-state index contributed by atoms with van der Waals surface area (Å²) in [4.78, 5) is 12.5. The maximum atomic E-state index is 12.5. The number of carbonyl (C=O) groups is 1. The van der Waals surface area contributed by atoms with Gasteiger partial charge < -0.3 is 0 Å². The predicted molar refractivity (Wildman–Crippen MR) is 79.2 cm³/mol. The van der Waals surface area contributed by atoms with Gasteiger partial charge in [-0.05, 0) is 51.2 Å². The van der Waals surface area contributed by atoms with E-state index < -0.39 is 5.41 Å². The van der Waals surface area contributed by atoms with Crippen molar-refractivity contribution in [3.05, 3.63) is 53.3 Å². The number of allylic oxidation sites excluding steroid dienone is 1. The molecule has 19 heavy (non-hydrogen) atoms. The minimum Gasteiger partial charge on any atom is -0.293 e. The van der Waals surface area contributed by atoms with Gasteiger partial charge >= 0.3 is 0 Å². The molecule has 1 aliphatic carbocycles. The van der Waals surface area contributed by atoms with E-state index in [4.69, 9.17) is 0 Å². The topological polar surface area (TPSA) is 17.1 Å². The molecule has 0 bridgehead atoms. The highest BCUT2D eigenvalue weighted by Crippen LogP contribution is 2.26. The first-order valence-electron chi connectivity index (χ1n) is 7.15. The van der Waals surface area contributed by atoms with Crippen LogP contribution in [0.5, 0.6) is 0 Å². The second-order valence-electron chi connectivity index (χ2n) is 5.87. The van der Waals surface area contributed by atoms with Crippen molar-refractivity contribution in [3.63, 3.8) is 0 Å². The van der Waals surface area contributed by atoms with Gasteiger partial charge in [-0.15, -0.1) is 5.73 Å². The molecule has 100 valence electrons. The van der Waals surface area contributed by atoms with Crippen LogP contribution in [-0.2, 0) is 0 Å². The summed E-state index contributed by atoms with van der Waals surface area (Å²) >= 11 is 0. The molecule has 0 N–H and O–H groups in total. The van der Waals surface area contributed by atoms with Crippen LogP contribution in [0.1, 0.15) is 56.3 Å². The third-order valence-electron chi connectivity index (χ3n) is 3.72. The van der Waals surface area contributed by atoms with E-state index in [1.54, 1.807) is 0 Å². The zero-order valence-corrected chi connectivity index (χ0v) is 11.9. The van der Waals surface area contributed by atoms with Crippen LogP contribution in [0.25, 0.3) is 0 Å². The smallest absolute Gasteiger partial charge is 0.172 e. The maximum absolute atomic E-state index is 12.5. The lowest BCUT2D eigenvalue weighted by atomic mass is 9.83. The van der Waals surface area contributed by atoms with Gasteiger partial charge in [0.1, 0.15) is 0 Å². The second-order valence-corrected chi connectivity index (χ2v) is 5.87. The molecule has 0 heterocycles. The minimum atomic E-state index is -0.480. The standard InChI is InChI=1S/C18H22O/c1-18(2,14-13-15-9-5-3-6-10-15)17(19)16-11-7-4-8-12-16/h4,7-8,11-12,14H,3,5-6,9-10H2,1-2H3. The van der Waals surface area contributed by atoms with Crippen LogP contribution in [-0.4, -0.2) is 5.78 Å². The Hall–Kier alpha value is -1.59. The zero-order chi connectivity index (χ0) is 13.7. The van der Waals surface area contributed by atoms with Crippen molar-refractivity contribution < 1.29 is 4.79 Å². The first-order chi connectivity index (χ1) is 9.09. The molecule has 1 saturated carbocycles. The van der Waals surface area contributed by atoms with E-state index in [-0.39, 0.29) is 5.78 Å². The Labute approximate surface area is 116 Å². The van der Waals surface area contributed by atoms with Crippen molar-refractivity contribution in [2.45, 2.75) is 46.0 Å². The number of hydrogen-bond donors (Lipinski definition) is 0. The van der Waals surface area contributed by atoms with Crippen LogP contribution < -0.4 is 0 Å². The normalized spacial score (nSPS) is 15.8. The highest BCUT2D eigenvalue weighted by atomic mass is 16.1. The molecule has 0 aromatic heterocycles. The van der Waals surface area contributed by atoms with Gasteiger partial charge in [-0.25, -0.2) is 0 Å². The van der Waals surface area contributed by atoms with Crippen LogP contribution in [0.4, 0.5) is 0 Å². The van der Waals surface area contributed by atoms with Crippen LogP contribution in [0.2, 0.25) is 0 Å². The fourth-order valence-electron chi connectivity index (χ4n) is 2.43. The summed E-state index contributed by atoms with van der Waals surface area (Å²) in [5, 5.41) is 0. The molecule has 1 heteroatoms. The number of carbonyl (C=O) groups excluding carboxylic acids is 1. The Balaban J connectivity index is 2.18. The molecule has 0 saturated heterocycles. The summed E-state index contributed by atoms with van der Waals surface area (Å²) in [6.07, 6.45) is 8.12. The van der Waals surface area contributed by atoms with Crippen molar-refractivity contribution >= 4 is 5.78 Å². The summed E-state index contributed by atoms with van der Waals surface area (Å²) in [7, 11) is 0. The summed E-state index contributed by atoms with van der Waals surface area (Å²) in [5.41, 5.74) is 5.06. The van der Waals surface area contributed by atoms with E-state index in [9.17, 15) is 4.79 Å². The second kappa shape index (κ2) is 6.04. The summed E-state index contributed by atoms with van der Waals surface area (Å²) in [6.45, 7) is 3.94. The number of benzene rings is 1. The largest absolute Gasteiger partial charge is 0.293 e. The van der Waals surface area contributed by atoms with Gasteiger partial charge in [0.05, 0.1) is 5.41 Å². The molecule has 1 aromatic carbocycles. The van der Waals surface area contributed by atoms with Gasteiger partial charge in [0.2, 0.25) is 0 Å². The molecule has 0 atom stereocenters. The number of Topliss-reactive ketones (excluding diaryl/α,β-unsaturated/α-hetero) is 1. The summed E-state index contributed by atoms with van der Waals surface area (Å²) in [5.74, 6) is 0.164. The Kier molecular flexibility index (Phi) is 4.39. The average molecular weight is 254 g/mol. The van der Waals surface area contributed by atoms with Gasteiger partial charge in [-0.2, -0.15) is 0 Å². The maximum Gasteiger partial charge on any atom is 0.172 e. The Morgan fingerprint density at radius 1 is 1.11 bits per heavy atom. The fraction of sp³-hybridized carbons (Fsp3) is 0.444. The average Bonchev–Trinajstić information content (AvgIpc) is 2.46. The minimum absolute atomic E-state index is 0.164. The van der Waals surface area contributed by atoms with Crippen LogP contribution in [0, 0.1) is 5.41 Å². The molecule has 0 amide bonds. The molecule has 1 aromatic rings. The monoisotopic (exact) mass is 254 g/mol. The van der Waals surface area contributed by atoms with Crippen LogP contribution >= 0.6 is 0 Å². The van der Waals surface area contributed by atoms with Crippen molar-refractivity contribution in [2.75, 3.05) is 0 Å². The Morgan fingerprint density at radius 2 is 1.74 bits per heavy atom. The molecular weight excluding hydrogens is 232 g/mol. The molecule has 0 radical (unpaired) electrons. The molecule has 2 rings (SSSR count). The van der Waals surface area contributed by atoms with Gasteiger partial charge in [-0.1, -0.05) is 36.8 Å². The van der Waals surface area contributed by atoms with Gasteiger partial charge in [0.25, 0.3) is 0 Å². The van der Waals surface area contributed by atoms with E-state index in [1.807, 2.05) is 50.3 Å².